The predicted octanol–water partition coefficient (Wildman–Crippen LogP) is 6.60. The summed E-state index contributed by atoms with van der Waals surface area (Å²) in [6.07, 6.45) is 1.92. The highest BCUT2D eigenvalue weighted by atomic mass is 79.9. The number of methoxy groups -OCH3 is 2. The number of phenols is 1. The summed E-state index contributed by atoms with van der Waals surface area (Å²) in [6.45, 7) is 3.02. The van der Waals surface area contributed by atoms with E-state index in [1.165, 1.54) is 0 Å². The van der Waals surface area contributed by atoms with E-state index >= 15 is 0 Å². The first kappa shape index (κ1) is 22.8. The van der Waals surface area contributed by atoms with Crippen LogP contribution >= 0.6 is 15.9 Å². The van der Waals surface area contributed by atoms with Gasteiger partial charge in [0.2, 0.25) is 0 Å². The number of aromatic hydroxyl groups is 1. The van der Waals surface area contributed by atoms with Crippen molar-refractivity contribution in [1.29, 1.82) is 0 Å². The van der Waals surface area contributed by atoms with Crippen molar-refractivity contribution in [2.45, 2.75) is 26.4 Å². The van der Waals surface area contributed by atoms with Gasteiger partial charge < -0.3 is 24.1 Å². The van der Waals surface area contributed by atoms with Gasteiger partial charge in [0.15, 0.2) is 23.0 Å². The van der Waals surface area contributed by atoms with Gasteiger partial charge in [0, 0.05) is 0 Å². The molecule has 3 aromatic rings. The SMILES string of the molecule is CCCCOc1c(OC)c(Br)cc(OC)c1-c1ccc(OCc2ccccc2)c(O)c1. The molecule has 0 fully saturated rings. The lowest BCUT2D eigenvalue weighted by Gasteiger charge is -2.20. The zero-order valence-electron chi connectivity index (χ0n) is 18.0. The van der Waals surface area contributed by atoms with Crippen molar-refractivity contribution < 1.29 is 24.1 Å². The van der Waals surface area contributed by atoms with Gasteiger partial charge in [0.25, 0.3) is 0 Å². The molecule has 31 heavy (non-hydrogen) atoms. The van der Waals surface area contributed by atoms with Gasteiger partial charge in [0.1, 0.15) is 12.4 Å². The molecule has 0 heterocycles. The molecule has 0 spiro atoms. The number of unbranched alkanes of at least 4 members (excludes halogenated alkanes) is 1. The smallest absolute Gasteiger partial charge is 0.175 e. The topological polar surface area (TPSA) is 57.2 Å². The Kier molecular flexibility index (Phi) is 8.06. The molecule has 0 saturated carbocycles. The monoisotopic (exact) mass is 486 g/mol. The van der Waals surface area contributed by atoms with Crippen molar-refractivity contribution in [3.8, 4) is 39.9 Å². The lowest BCUT2D eigenvalue weighted by molar-refractivity contribution is 0.286. The highest BCUT2D eigenvalue weighted by molar-refractivity contribution is 9.10. The van der Waals surface area contributed by atoms with E-state index in [2.05, 4.69) is 22.9 Å². The summed E-state index contributed by atoms with van der Waals surface area (Å²) in [6, 6.07) is 16.9. The summed E-state index contributed by atoms with van der Waals surface area (Å²) in [4.78, 5) is 0. The molecule has 164 valence electrons. The van der Waals surface area contributed by atoms with Gasteiger partial charge in [-0.05, 0) is 51.7 Å². The van der Waals surface area contributed by atoms with Crippen LogP contribution in [0.25, 0.3) is 11.1 Å². The standard InChI is InChI=1S/C25H27BrO5/c1-4-5-13-30-25-23(22(28-2)15-19(26)24(25)29-3)18-11-12-21(20(27)14-18)31-16-17-9-7-6-8-10-17/h6-12,14-15,27H,4-5,13,16H2,1-3H3. The highest BCUT2D eigenvalue weighted by Gasteiger charge is 2.22. The summed E-state index contributed by atoms with van der Waals surface area (Å²) in [5.74, 6) is 2.20. The van der Waals surface area contributed by atoms with Crippen LogP contribution in [0, 0.1) is 0 Å². The van der Waals surface area contributed by atoms with E-state index in [1.807, 2.05) is 42.5 Å². The third-order valence-electron chi connectivity index (χ3n) is 4.81. The van der Waals surface area contributed by atoms with Crippen molar-refractivity contribution in [3.63, 3.8) is 0 Å². The zero-order valence-corrected chi connectivity index (χ0v) is 19.6. The first-order valence-corrected chi connectivity index (χ1v) is 11.0. The molecule has 0 saturated heterocycles. The van der Waals surface area contributed by atoms with E-state index in [9.17, 15) is 5.11 Å². The van der Waals surface area contributed by atoms with E-state index in [4.69, 9.17) is 18.9 Å². The van der Waals surface area contributed by atoms with Gasteiger partial charge in [-0.1, -0.05) is 49.7 Å². The number of hydrogen-bond donors (Lipinski definition) is 1. The first-order chi connectivity index (χ1) is 15.1. The lowest BCUT2D eigenvalue weighted by atomic mass is 10.0. The van der Waals surface area contributed by atoms with Crippen LogP contribution in [0.1, 0.15) is 25.3 Å². The minimum absolute atomic E-state index is 0.0388. The summed E-state index contributed by atoms with van der Waals surface area (Å²) in [5, 5.41) is 10.6. The number of hydrogen-bond acceptors (Lipinski definition) is 5. The van der Waals surface area contributed by atoms with Crippen LogP contribution < -0.4 is 18.9 Å². The van der Waals surface area contributed by atoms with Gasteiger partial charge in [-0.15, -0.1) is 0 Å². The molecule has 3 rings (SSSR count). The average Bonchev–Trinajstić information content (AvgIpc) is 2.78. The van der Waals surface area contributed by atoms with E-state index in [1.54, 1.807) is 26.4 Å². The third kappa shape index (κ3) is 5.44. The van der Waals surface area contributed by atoms with Crippen molar-refractivity contribution in [3.05, 3.63) is 64.6 Å². The van der Waals surface area contributed by atoms with E-state index in [0.717, 1.165) is 28.4 Å². The van der Waals surface area contributed by atoms with Crippen LogP contribution in [0.5, 0.6) is 28.7 Å². The second kappa shape index (κ2) is 11.0. The molecule has 3 aromatic carbocycles. The van der Waals surface area contributed by atoms with Gasteiger partial charge in [-0.2, -0.15) is 0 Å². The minimum atomic E-state index is 0.0388. The van der Waals surface area contributed by atoms with Gasteiger partial charge in [0.05, 0.1) is 30.9 Å². The highest BCUT2D eigenvalue weighted by Crippen LogP contribution is 2.50. The maximum Gasteiger partial charge on any atom is 0.175 e. The average molecular weight is 487 g/mol. The number of rotatable bonds is 10. The molecule has 0 aromatic heterocycles. The normalized spacial score (nSPS) is 10.6. The minimum Gasteiger partial charge on any atom is -0.504 e. The van der Waals surface area contributed by atoms with Crippen LogP contribution in [-0.4, -0.2) is 25.9 Å². The maximum absolute atomic E-state index is 10.6. The first-order valence-electron chi connectivity index (χ1n) is 10.2. The Morgan fingerprint density at radius 3 is 2.29 bits per heavy atom. The Morgan fingerprint density at radius 2 is 1.65 bits per heavy atom. The Hall–Kier alpha value is -2.86. The third-order valence-corrected chi connectivity index (χ3v) is 5.40. The summed E-state index contributed by atoms with van der Waals surface area (Å²) >= 11 is 3.53. The molecule has 0 radical (unpaired) electrons. The Morgan fingerprint density at radius 1 is 0.871 bits per heavy atom. The predicted molar refractivity (Wildman–Crippen MR) is 126 cm³/mol. The molecule has 0 atom stereocenters. The quantitative estimate of drug-likeness (QED) is 0.327. The number of ether oxygens (including phenoxy) is 4. The van der Waals surface area contributed by atoms with Crippen LogP contribution in [0.2, 0.25) is 0 Å². The molecule has 0 amide bonds. The molecule has 6 heteroatoms. The summed E-state index contributed by atoms with van der Waals surface area (Å²) in [5.41, 5.74) is 2.47. The van der Waals surface area contributed by atoms with E-state index in [-0.39, 0.29) is 5.75 Å². The van der Waals surface area contributed by atoms with Crippen LogP contribution in [-0.2, 0) is 6.61 Å². The van der Waals surface area contributed by atoms with Gasteiger partial charge >= 0.3 is 0 Å². The van der Waals surface area contributed by atoms with E-state index < -0.39 is 0 Å². The molecule has 1 N–H and O–H groups in total. The molecular weight excluding hydrogens is 460 g/mol. The molecule has 0 aliphatic heterocycles. The lowest BCUT2D eigenvalue weighted by Crippen LogP contribution is -2.03. The fourth-order valence-electron chi connectivity index (χ4n) is 3.20. The van der Waals surface area contributed by atoms with E-state index in [0.29, 0.717) is 41.8 Å². The largest absolute Gasteiger partial charge is 0.504 e. The fraction of sp³-hybridized carbons (Fsp3) is 0.280. The van der Waals surface area contributed by atoms with Crippen LogP contribution in [0.3, 0.4) is 0 Å². The summed E-state index contributed by atoms with van der Waals surface area (Å²) < 4.78 is 23.9. The van der Waals surface area contributed by atoms with Gasteiger partial charge in [-0.3, -0.25) is 0 Å². The Bertz CT molecular complexity index is 1000. The molecular formula is C25H27BrO5. The summed E-state index contributed by atoms with van der Waals surface area (Å²) in [7, 11) is 3.20. The molecule has 0 unspecified atom stereocenters. The van der Waals surface area contributed by atoms with Crippen molar-refractivity contribution >= 4 is 15.9 Å². The van der Waals surface area contributed by atoms with Crippen LogP contribution in [0.15, 0.2) is 59.1 Å². The fourth-order valence-corrected chi connectivity index (χ4v) is 3.75. The second-order valence-corrected chi connectivity index (χ2v) is 7.81. The van der Waals surface area contributed by atoms with Crippen molar-refractivity contribution in [1.82, 2.24) is 0 Å². The second-order valence-electron chi connectivity index (χ2n) is 6.96. The molecule has 0 bridgehead atoms. The Balaban J connectivity index is 1.97. The Labute approximate surface area is 191 Å². The molecule has 0 aliphatic rings. The number of halogens is 1. The zero-order chi connectivity index (χ0) is 22.2. The molecule has 0 aliphatic carbocycles. The maximum atomic E-state index is 10.6. The van der Waals surface area contributed by atoms with Gasteiger partial charge in [-0.25, -0.2) is 0 Å². The molecule has 5 nitrogen and oxygen atoms in total. The number of benzene rings is 3. The van der Waals surface area contributed by atoms with Crippen molar-refractivity contribution in [2.75, 3.05) is 20.8 Å². The van der Waals surface area contributed by atoms with Crippen LogP contribution in [0.4, 0.5) is 0 Å². The number of phenolic OH excluding ortho intramolecular Hbond substituents is 1. The van der Waals surface area contributed by atoms with Crippen molar-refractivity contribution in [2.24, 2.45) is 0 Å².